The van der Waals surface area contributed by atoms with Gasteiger partial charge in [0.15, 0.2) is 0 Å². The molecule has 0 bridgehead atoms. The molecule has 1 aliphatic rings. The molecule has 1 aromatic rings. The lowest BCUT2D eigenvalue weighted by atomic mass is 10.1. The maximum absolute atomic E-state index is 12.4. The highest BCUT2D eigenvalue weighted by Gasteiger charge is 2.26. The summed E-state index contributed by atoms with van der Waals surface area (Å²) in [6.07, 6.45) is 2.41. The van der Waals surface area contributed by atoms with E-state index < -0.39 is 10.0 Å². The van der Waals surface area contributed by atoms with E-state index in [1.807, 2.05) is 7.05 Å². The number of hydrogen-bond acceptors (Lipinski definition) is 4. The van der Waals surface area contributed by atoms with Crippen LogP contribution in [-0.4, -0.2) is 39.5 Å². The minimum absolute atomic E-state index is 0.213. The molecular formula is C14H22ClN3O2S. The van der Waals surface area contributed by atoms with E-state index in [1.165, 1.54) is 18.9 Å². The predicted molar refractivity (Wildman–Crippen MR) is 84.9 cm³/mol. The lowest BCUT2D eigenvalue weighted by Gasteiger charge is -2.17. The first kappa shape index (κ1) is 16.7. The Morgan fingerprint density at radius 3 is 2.67 bits per heavy atom. The second-order valence-corrected chi connectivity index (χ2v) is 7.67. The molecule has 1 aromatic carbocycles. The summed E-state index contributed by atoms with van der Waals surface area (Å²) in [4.78, 5) is 2.39. The number of nitrogens with one attached hydrogen (secondary N) is 1. The van der Waals surface area contributed by atoms with Crippen LogP contribution in [0.1, 0.15) is 24.0 Å². The molecule has 0 atom stereocenters. The van der Waals surface area contributed by atoms with Crippen LogP contribution < -0.4 is 10.5 Å². The summed E-state index contributed by atoms with van der Waals surface area (Å²) in [5.41, 5.74) is 7.04. The van der Waals surface area contributed by atoms with Crippen LogP contribution in [0.4, 0.5) is 0 Å². The molecular weight excluding hydrogens is 310 g/mol. The Labute approximate surface area is 131 Å². The number of benzene rings is 1. The molecule has 0 aromatic heterocycles. The number of halogens is 1. The molecule has 0 heterocycles. The van der Waals surface area contributed by atoms with Gasteiger partial charge in [0.25, 0.3) is 0 Å². The molecule has 1 fully saturated rings. The van der Waals surface area contributed by atoms with Gasteiger partial charge < -0.3 is 10.6 Å². The largest absolute Gasteiger partial charge is 0.326 e. The van der Waals surface area contributed by atoms with Gasteiger partial charge in [-0.1, -0.05) is 11.6 Å². The number of nitrogens with zero attached hydrogens (tertiary/aromatic N) is 1. The smallest absolute Gasteiger partial charge is 0.240 e. The Hall–Kier alpha value is -0.660. The summed E-state index contributed by atoms with van der Waals surface area (Å²) in [7, 11) is -1.55. The Kier molecular flexibility index (Phi) is 5.27. The van der Waals surface area contributed by atoms with Gasteiger partial charge in [-0.05, 0) is 50.1 Å². The highest BCUT2D eigenvalue weighted by Crippen LogP contribution is 2.25. The van der Waals surface area contributed by atoms with Crippen LogP contribution in [0.2, 0.25) is 5.02 Å². The molecule has 1 aliphatic carbocycles. The molecule has 0 radical (unpaired) electrons. The molecule has 7 heteroatoms. The normalized spacial score (nSPS) is 15.7. The Morgan fingerprint density at radius 2 is 2.10 bits per heavy atom. The van der Waals surface area contributed by atoms with Gasteiger partial charge >= 0.3 is 0 Å². The van der Waals surface area contributed by atoms with Crippen molar-refractivity contribution in [1.82, 2.24) is 9.62 Å². The minimum Gasteiger partial charge on any atom is -0.326 e. The Bertz CT molecular complexity index is 615. The van der Waals surface area contributed by atoms with Crippen molar-refractivity contribution in [3.63, 3.8) is 0 Å². The van der Waals surface area contributed by atoms with Crippen molar-refractivity contribution in [2.75, 3.05) is 20.1 Å². The van der Waals surface area contributed by atoms with Crippen molar-refractivity contribution in [3.05, 3.63) is 28.3 Å². The summed E-state index contributed by atoms with van der Waals surface area (Å²) in [6.45, 7) is 3.11. The second-order valence-electron chi connectivity index (χ2n) is 5.50. The maximum atomic E-state index is 12.4. The van der Waals surface area contributed by atoms with E-state index >= 15 is 0 Å². The third kappa shape index (κ3) is 4.17. The Balaban J connectivity index is 2.09. The lowest BCUT2D eigenvalue weighted by molar-refractivity contribution is 0.329. The van der Waals surface area contributed by atoms with Gasteiger partial charge in [-0.2, -0.15) is 0 Å². The first-order valence-corrected chi connectivity index (χ1v) is 8.90. The van der Waals surface area contributed by atoms with E-state index in [4.69, 9.17) is 17.3 Å². The molecule has 0 saturated heterocycles. The topological polar surface area (TPSA) is 75.4 Å². The predicted octanol–water partition coefficient (Wildman–Crippen LogP) is 1.48. The van der Waals surface area contributed by atoms with Crippen molar-refractivity contribution in [1.29, 1.82) is 0 Å². The second kappa shape index (κ2) is 6.62. The van der Waals surface area contributed by atoms with Crippen molar-refractivity contribution in [2.45, 2.75) is 37.2 Å². The van der Waals surface area contributed by atoms with E-state index in [-0.39, 0.29) is 11.4 Å². The first-order chi connectivity index (χ1) is 9.85. The zero-order valence-electron chi connectivity index (χ0n) is 12.4. The van der Waals surface area contributed by atoms with Gasteiger partial charge in [-0.15, -0.1) is 0 Å². The summed E-state index contributed by atoms with van der Waals surface area (Å²) in [6, 6.07) is 3.80. The van der Waals surface area contributed by atoms with Crippen molar-refractivity contribution < 1.29 is 8.42 Å². The number of rotatable bonds is 7. The molecule has 0 spiro atoms. The summed E-state index contributed by atoms with van der Waals surface area (Å²) in [5, 5.41) is 0.386. The van der Waals surface area contributed by atoms with Gasteiger partial charge in [0.05, 0.1) is 4.90 Å². The molecule has 1 saturated carbocycles. The van der Waals surface area contributed by atoms with E-state index in [1.54, 1.807) is 13.0 Å². The SMILES string of the molecule is Cc1c(CN)cc(Cl)cc1S(=O)(=O)NCCN(C)C1CC1. The monoisotopic (exact) mass is 331 g/mol. The number of sulfonamides is 1. The van der Waals surface area contributed by atoms with E-state index in [0.29, 0.717) is 29.7 Å². The first-order valence-electron chi connectivity index (χ1n) is 7.04. The zero-order chi connectivity index (χ0) is 15.6. The van der Waals surface area contributed by atoms with Gasteiger partial charge in [-0.3, -0.25) is 0 Å². The average molecular weight is 332 g/mol. The summed E-state index contributed by atoms with van der Waals surface area (Å²) >= 11 is 5.99. The quantitative estimate of drug-likeness (QED) is 0.793. The van der Waals surface area contributed by atoms with E-state index in [0.717, 1.165) is 5.56 Å². The highest BCUT2D eigenvalue weighted by molar-refractivity contribution is 7.89. The van der Waals surface area contributed by atoms with E-state index in [2.05, 4.69) is 9.62 Å². The van der Waals surface area contributed by atoms with Crippen molar-refractivity contribution in [2.24, 2.45) is 5.73 Å². The Morgan fingerprint density at radius 1 is 1.43 bits per heavy atom. The van der Waals surface area contributed by atoms with Crippen LogP contribution in [0.25, 0.3) is 0 Å². The molecule has 0 unspecified atom stereocenters. The molecule has 0 aliphatic heterocycles. The molecule has 0 amide bonds. The van der Waals surface area contributed by atoms with Gasteiger partial charge in [0, 0.05) is 30.7 Å². The van der Waals surface area contributed by atoms with Crippen LogP contribution in [-0.2, 0) is 16.6 Å². The number of likely N-dealkylation sites (N-methyl/N-ethyl adjacent to an activating group) is 1. The number of hydrogen-bond donors (Lipinski definition) is 2. The molecule has 118 valence electrons. The highest BCUT2D eigenvalue weighted by atomic mass is 35.5. The van der Waals surface area contributed by atoms with Crippen LogP contribution in [0, 0.1) is 6.92 Å². The van der Waals surface area contributed by atoms with Crippen LogP contribution >= 0.6 is 11.6 Å². The minimum atomic E-state index is -3.56. The fraction of sp³-hybridized carbons (Fsp3) is 0.571. The number of nitrogens with two attached hydrogens (primary N) is 1. The summed E-state index contributed by atoms with van der Waals surface area (Å²) < 4.78 is 27.5. The molecule has 2 rings (SSSR count). The lowest BCUT2D eigenvalue weighted by Crippen LogP contribution is -2.34. The van der Waals surface area contributed by atoms with Crippen molar-refractivity contribution in [3.8, 4) is 0 Å². The fourth-order valence-corrected chi connectivity index (χ4v) is 3.97. The third-order valence-corrected chi connectivity index (χ3v) is 5.67. The van der Waals surface area contributed by atoms with Gasteiger partial charge in [-0.25, -0.2) is 13.1 Å². The third-order valence-electron chi connectivity index (χ3n) is 3.87. The van der Waals surface area contributed by atoms with Gasteiger partial charge in [0.1, 0.15) is 0 Å². The van der Waals surface area contributed by atoms with Crippen LogP contribution in [0.5, 0.6) is 0 Å². The average Bonchev–Trinajstić information content (AvgIpc) is 3.24. The van der Waals surface area contributed by atoms with Gasteiger partial charge in [0.2, 0.25) is 10.0 Å². The van der Waals surface area contributed by atoms with Crippen molar-refractivity contribution >= 4 is 21.6 Å². The van der Waals surface area contributed by atoms with Crippen LogP contribution in [0.3, 0.4) is 0 Å². The summed E-state index contributed by atoms with van der Waals surface area (Å²) in [5.74, 6) is 0. The fourth-order valence-electron chi connectivity index (χ4n) is 2.33. The molecule has 21 heavy (non-hydrogen) atoms. The molecule has 3 N–H and O–H groups in total. The maximum Gasteiger partial charge on any atom is 0.240 e. The van der Waals surface area contributed by atoms with E-state index in [9.17, 15) is 8.42 Å². The zero-order valence-corrected chi connectivity index (χ0v) is 14.0. The van der Waals surface area contributed by atoms with Crippen LogP contribution in [0.15, 0.2) is 17.0 Å². The standard InChI is InChI=1S/C14H22ClN3O2S/c1-10-11(9-16)7-12(15)8-14(10)21(19,20)17-5-6-18(2)13-3-4-13/h7-8,13,17H,3-6,9,16H2,1-2H3. The molecule has 5 nitrogen and oxygen atoms in total.